The van der Waals surface area contributed by atoms with Gasteiger partial charge in [-0.05, 0) is 18.6 Å². The van der Waals surface area contributed by atoms with Gasteiger partial charge in [-0.15, -0.1) is 16.4 Å². The Morgan fingerprint density at radius 3 is 2.79 bits per heavy atom. The van der Waals surface area contributed by atoms with Crippen LogP contribution in [-0.2, 0) is 0 Å². The molecular formula is C17H15ClN4OS. The van der Waals surface area contributed by atoms with E-state index in [1.165, 1.54) is 11.3 Å². The molecule has 1 aromatic carbocycles. The molecule has 7 heteroatoms. The maximum Gasteiger partial charge on any atom is 0.264 e. The number of carbonyl (C=O) groups excluding carboxylic acids is 1. The van der Waals surface area contributed by atoms with E-state index >= 15 is 0 Å². The minimum absolute atomic E-state index is 0.0396. The van der Waals surface area contributed by atoms with Crippen LogP contribution < -0.4 is 0 Å². The van der Waals surface area contributed by atoms with Crippen molar-refractivity contribution in [3.63, 3.8) is 0 Å². The van der Waals surface area contributed by atoms with Crippen molar-refractivity contribution in [3.8, 4) is 11.3 Å². The Labute approximate surface area is 148 Å². The van der Waals surface area contributed by atoms with Crippen LogP contribution in [0.2, 0.25) is 4.34 Å². The van der Waals surface area contributed by atoms with E-state index in [-0.39, 0.29) is 11.9 Å². The first-order valence-corrected chi connectivity index (χ1v) is 8.92. The summed E-state index contributed by atoms with van der Waals surface area (Å²) in [7, 11) is 0. The van der Waals surface area contributed by atoms with Gasteiger partial charge in [0.05, 0.1) is 21.5 Å². The van der Waals surface area contributed by atoms with Crippen LogP contribution in [0.3, 0.4) is 0 Å². The summed E-state index contributed by atoms with van der Waals surface area (Å²) in [5.41, 5.74) is 1.90. The maximum absolute atomic E-state index is 12.5. The van der Waals surface area contributed by atoms with E-state index in [1.807, 2.05) is 46.1 Å². The molecule has 1 amide bonds. The molecule has 0 aliphatic carbocycles. The number of thiophene rings is 1. The first-order valence-electron chi connectivity index (χ1n) is 7.72. The molecule has 0 spiro atoms. The van der Waals surface area contributed by atoms with Gasteiger partial charge < -0.3 is 4.90 Å². The fraction of sp³-hybridized carbons (Fsp3) is 0.235. The van der Waals surface area contributed by atoms with Gasteiger partial charge in [-0.1, -0.05) is 47.1 Å². The summed E-state index contributed by atoms with van der Waals surface area (Å²) < 4.78 is 2.51. The van der Waals surface area contributed by atoms with Gasteiger partial charge in [-0.2, -0.15) is 0 Å². The Morgan fingerprint density at radius 1 is 1.21 bits per heavy atom. The largest absolute Gasteiger partial charge is 0.336 e. The molecule has 0 N–H and O–H groups in total. The van der Waals surface area contributed by atoms with Crippen molar-refractivity contribution in [2.24, 2.45) is 0 Å². The summed E-state index contributed by atoms with van der Waals surface area (Å²) in [5.74, 6) is 0.0396. The maximum atomic E-state index is 12.5. The topological polar surface area (TPSA) is 51.0 Å². The molecule has 4 rings (SSSR count). The lowest BCUT2D eigenvalue weighted by atomic mass is 10.2. The summed E-state index contributed by atoms with van der Waals surface area (Å²) in [6.07, 6.45) is 2.83. The summed E-state index contributed by atoms with van der Waals surface area (Å²) in [6, 6.07) is 13.7. The first kappa shape index (κ1) is 15.4. The monoisotopic (exact) mass is 358 g/mol. The third-order valence-corrected chi connectivity index (χ3v) is 5.41. The van der Waals surface area contributed by atoms with Crippen molar-refractivity contribution in [1.82, 2.24) is 19.9 Å². The lowest BCUT2D eigenvalue weighted by Crippen LogP contribution is -2.28. The molecule has 3 heterocycles. The molecule has 1 atom stereocenters. The van der Waals surface area contributed by atoms with E-state index in [0.29, 0.717) is 15.8 Å². The van der Waals surface area contributed by atoms with Gasteiger partial charge >= 0.3 is 0 Å². The van der Waals surface area contributed by atoms with Crippen molar-refractivity contribution in [1.29, 1.82) is 0 Å². The molecule has 122 valence electrons. The number of carbonyl (C=O) groups is 1. The number of benzene rings is 1. The predicted molar refractivity (Wildman–Crippen MR) is 94.3 cm³/mol. The second-order valence-corrected chi connectivity index (χ2v) is 7.46. The van der Waals surface area contributed by atoms with Crippen molar-refractivity contribution < 1.29 is 4.79 Å². The van der Waals surface area contributed by atoms with E-state index in [2.05, 4.69) is 10.3 Å². The van der Waals surface area contributed by atoms with Crippen LogP contribution in [0.5, 0.6) is 0 Å². The van der Waals surface area contributed by atoms with Crippen molar-refractivity contribution in [3.05, 3.63) is 57.9 Å². The molecule has 1 unspecified atom stereocenters. The Bertz CT molecular complexity index is 860. The molecule has 3 aromatic rings. The standard InChI is InChI=1S/C17H15ClN4OS/c18-16-7-6-15(24-16)17(23)21-9-8-13(10-21)22-11-14(19-20-22)12-4-2-1-3-5-12/h1-7,11,13H,8-10H2. The molecule has 5 nitrogen and oxygen atoms in total. The average Bonchev–Trinajstić information content (AvgIpc) is 3.35. The minimum Gasteiger partial charge on any atom is -0.336 e. The normalized spacial score (nSPS) is 17.4. The van der Waals surface area contributed by atoms with Gasteiger partial charge in [0.1, 0.15) is 5.69 Å². The van der Waals surface area contributed by atoms with E-state index < -0.39 is 0 Å². The Morgan fingerprint density at radius 2 is 2.04 bits per heavy atom. The molecular weight excluding hydrogens is 344 g/mol. The van der Waals surface area contributed by atoms with E-state index in [0.717, 1.165) is 24.2 Å². The van der Waals surface area contributed by atoms with E-state index in [9.17, 15) is 4.79 Å². The van der Waals surface area contributed by atoms with E-state index in [4.69, 9.17) is 11.6 Å². The molecule has 0 saturated carbocycles. The van der Waals surface area contributed by atoms with Gasteiger partial charge in [0.15, 0.2) is 0 Å². The van der Waals surface area contributed by atoms with Crippen molar-refractivity contribution in [2.45, 2.75) is 12.5 Å². The van der Waals surface area contributed by atoms with Crippen LogP contribution in [0.15, 0.2) is 48.7 Å². The number of hydrogen-bond donors (Lipinski definition) is 0. The highest BCUT2D eigenvalue weighted by Crippen LogP contribution is 2.27. The second-order valence-electron chi connectivity index (χ2n) is 5.75. The van der Waals surface area contributed by atoms with Crippen LogP contribution in [0, 0.1) is 0 Å². The molecule has 0 radical (unpaired) electrons. The number of aromatic nitrogens is 3. The van der Waals surface area contributed by atoms with Crippen molar-refractivity contribution >= 4 is 28.8 Å². The number of halogens is 1. The minimum atomic E-state index is 0.0396. The lowest BCUT2D eigenvalue weighted by molar-refractivity contribution is 0.0791. The first-order chi connectivity index (χ1) is 11.7. The smallest absolute Gasteiger partial charge is 0.264 e. The Hall–Kier alpha value is -2.18. The fourth-order valence-corrected chi connectivity index (χ4v) is 3.93. The summed E-state index contributed by atoms with van der Waals surface area (Å²) in [5, 5.41) is 8.51. The Kier molecular flexibility index (Phi) is 4.08. The molecule has 1 aliphatic rings. The van der Waals surface area contributed by atoms with Gasteiger partial charge in [0, 0.05) is 18.7 Å². The molecule has 0 bridgehead atoms. The van der Waals surface area contributed by atoms with Crippen molar-refractivity contribution in [2.75, 3.05) is 13.1 Å². The molecule has 1 saturated heterocycles. The number of amides is 1. The zero-order valence-electron chi connectivity index (χ0n) is 12.8. The van der Waals surface area contributed by atoms with Crippen LogP contribution >= 0.6 is 22.9 Å². The number of hydrogen-bond acceptors (Lipinski definition) is 4. The van der Waals surface area contributed by atoms with Crippen LogP contribution in [-0.4, -0.2) is 38.9 Å². The van der Waals surface area contributed by atoms with Gasteiger partial charge in [0.2, 0.25) is 0 Å². The highest BCUT2D eigenvalue weighted by atomic mass is 35.5. The van der Waals surface area contributed by atoms with Gasteiger partial charge in [-0.3, -0.25) is 4.79 Å². The van der Waals surface area contributed by atoms with Crippen LogP contribution in [0.1, 0.15) is 22.1 Å². The van der Waals surface area contributed by atoms with Crippen LogP contribution in [0.25, 0.3) is 11.3 Å². The van der Waals surface area contributed by atoms with Gasteiger partial charge in [0.25, 0.3) is 5.91 Å². The third-order valence-electron chi connectivity index (χ3n) is 4.19. The SMILES string of the molecule is O=C(c1ccc(Cl)s1)N1CCC(n2cc(-c3ccccc3)nn2)C1. The Balaban J connectivity index is 1.47. The second kappa shape index (κ2) is 6.37. The van der Waals surface area contributed by atoms with E-state index in [1.54, 1.807) is 12.1 Å². The molecule has 2 aromatic heterocycles. The quantitative estimate of drug-likeness (QED) is 0.716. The molecule has 1 fully saturated rings. The summed E-state index contributed by atoms with van der Waals surface area (Å²) >= 11 is 7.24. The summed E-state index contributed by atoms with van der Waals surface area (Å²) in [6.45, 7) is 1.37. The summed E-state index contributed by atoms with van der Waals surface area (Å²) in [4.78, 5) is 15.0. The molecule has 24 heavy (non-hydrogen) atoms. The number of likely N-dealkylation sites (tertiary alicyclic amines) is 1. The lowest BCUT2D eigenvalue weighted by Gasteiger charge is -2.15. The predicted octanol–water partition coefficient (Wildman–Crippen LogP) is 3.75. The number of nitrogens with zero attached hydrogens (tertiary/aromatic N) is 4. The zero-order valence-corrected chi connectivity index (χ0v) is 14.4. The average molecular weight is 359 g/mol. The van der Waals surface area contributed by atoms with Gasteiger partial charge in [-0.25, -0.2) is 4.68 Å². The highest BCUT2D eigenvalue weighted by molar-refractivity contribution is 7.17. The highest BCUT2D eigenvalue weighted by Gasteiger charge is 2.29. The fourth-order valence-electron chi connectivity index (χ4n) is 2.92. The number of rotatable bonds is 3. The van der Waals surface area contributed by atoms with Crippen LogP contribution in [0.4, 0.5) is 0 Å². The molecule has 1 aliphatic heterocycles. The third kappa shape index (κ3) is 2.95. The zero-order chi connectivity index (χ0) is 16.5.